The second-order valence-corrected chi connectivity index (χ2v) is 6.93. The molecule has 2 amide bonds. The van der Waals surface area contributed by atoms with Crippen LogP contribution in [-0.2, 0) is 19.6 Å². The van der Waals surface area contributed by atoms with Crippen LogP contribution in [0.2, 0.25) is 0 Å². The van der Waals surface area contributed by atoms with E-state index in [0.29, 0.717) is 0 Å². The van der Waals surface area contributed by atoms with E-state index in [4.69, 9.17) is 0 Å². The largest absolute Gasteiger partial charge is 0.295 e. The number of hydrogen-bond donors (Lipinski definition) is 2. The highest BCUT2D eigenvalue weighted by atomic mass is 32.2. The number of hydrogen-bond acceptors (Lipinski definition) is 4. The third-order valence-corrected chi connectivity index (χ3v) is 4.31. The van der Waals surface area contributed by atoms with E-state index in [2.05, 4.69) is 4.72 Å². The molecule has 6 nitrogen and oxygen atoms in total. The quantitative estimate of drug-likeness (QED) is 0.677. The fraction of sp³-hybridized carbons (Fsp3) is 0.800. The molecule has 0 radical (unpaired) electrons. The highest BCUT2D eigenvalue weighted by Gasteiger charge is 2.33. The molecule has 18 heavy (non-hydrogen) atoms. The third kappa shape index (κ3) is 4.34. The van der Waals surface area contributed by atoms with E-state index in [-0.39, 0.29) is 12.8 Å². The molecule has 0 saturated carbocycles. The van der Waals surface area contributed by atoms with Crippen LogP contribution >= 0.6 is 0 Å². The molecule has 1 atom stereocenters. The van der Waals surface area contributed by atoms with Gasteiger partial charge in [0, 0.05) is 11.8 Å². The van der Waals surface area contributed by atoms with Crippen LogP contribution in [0.5, 0.6) is 0 Å². The standard InChI is InChI=1S/C10H17FN2O4S/c1-10(2,5-11)6-18(16,17)13-7-3-4-8(14)12-9(7)15/h7,13H,3-6H2,1-2H3,(H,12,14,15). The molecular weight excluding hydrogens is 263 g/mol. The molecular formula is C10H17FN2O4S. The molecule has 0 bridgehead atoms. The molecule has 1 unspecified atom stereocenters. The first-order chi connectivity index (χ1) is 8.15. The average molecular weight is 280 g/mol. The van der Waals surface area contributed by atoms with Crippen molar-refractivity contribution in [1.29, 1.82) is 0 Å². The molecule has 8 heteroatoms. The van der Waals surface area contributed by atoms with Crippen LogP contribution in [-0.4, -0.2) is 38.7 Å². The maximum Gasteiger partial charge on any atom is 0.244 e. The van der Waals surface area contributed by atoms with Gasteiger partial charge in [0.25, 0.3) is 0 Å². The Morgan fingerprint density at radius 3 is 2.56 bits per heavy atom. The lowest BCUT2D eigenvalue weighted by Gasteiger charge is -2.25. The Kier molecular flexibility index (Phi) is 4.44. The molecule has 0 aromatic carbocycles. The summed E-state index contributed by atoms with van der Waals surface area (Å²) in [6, 6.07) is -0.955. The Balaban J connectivity index is 2.66. The van der Waals surface area contributed by atoms with Gasteiger partial charge in [-0.15, -0.1) is 0 Å². The third-order valence-electron chi connectivity index (χ3n) is 2.50. The lowest BCUT2D eigenvalue weighted by molar-refractivity contribution is -0.134. The number of carbonyl (C=O) groups is 2. The molecule has 104 valence electrons. The molecule has 0 aromatic heterocycles. The highest BCUT2D eigenvalue weighted by molar-refractivity contribution is 7.89. The lowest BCUT2D eigenvalue weighted by atomic mass is 9.99. The van der Waals surface area contributed by atoms with E-state index >= 15 is 0 Å². The van der Waals surface area contributed by atoms with Crippen molar-refractivity contribution < 1.29 is 22.4 Å². The summed E-state index contributed by atoms with van der Waals surface area (Å²) < 4.78 is 38.3. The first kappa shape index (κ1) is 15.0. The van der Waals surface area contributed by atoms with E-state index in [1.165, 1.54) is 13.8 Å². The maximum atomic E-state index is 12.6. The summed E-state index contributed by atoms with van der Waals surface area (Å²) in [7, 11) is -3.76. The summed E-state index contributed by atoms with van der Waals surface area (Å²) in [6.07, 6.45) is 0.214. The molecule has 1 saturated heterocycles. The van der Waals surface area contributed by atoms with Crippen molar-refractivity contribution in [2.45, 2.75) is 32.7 Å². The molecule has 1 fully saturated rings. The van der Waals surface area contributed by atoms with Crippen LogP contribution in [0.15, 0.2) is 0 Å². The molecule has 0 aromatic rings. The van der Waals surface area contributed by atoms with Gasteiger partial charge < -0.3 is 0 Å². The van der Waals surface area contributed by atoms with Crippen molar-refractivity contribution in [3.8, 4) is 0 Å². The normalized spacial score (nSPS) is 21.8. The smallest absolute Gasteiger partial charge is 0.244 e. The van der Waals surface area contributed by atoms with Crippen LogP contribution in [0.1, 0.15) is 26.7 Å². The van der Waals surface area contributed by atoms with Crippen molar-refractivity contribution in [2.24, 2.45) is 5.41 Å². The highest BCUT2D eigenvalue weighted by Crippen LogP contribution is 2.18. The van der Waals surface area contributed by atoms with Gasteiger partial charge in [0.15, 0.2) is 0 Å². The number of nitrogens with one attached hydrogen (secondary N) is 2. The summed E-state index contributed by atoms with van der Waals surface area (Å²) in [4.78, 5) is 22.3. The average Bonchev–Trinajstić information content (AvgIpc) is 2.21. The van der Waals surface area contributed by atoms with E-state index < -0.39 is 45.7 Å². The van der Waals surface area contributed by atoms with Crippen molar-refractivity contribution in [2.75, 3.05) is 12.4 Å². The van der Waals surface area contributed by atoms with Gasteiger partial charge in [0.05, 0.1) is 12.4 Å². The van der Waals surface area contributed by atoms with E-state index in [1.807, 2.05) is 5.32 Å². The number of amides is 2. The van der Waals surface area contributed by atoms with Gasteiger partial charge in [-0.3, -0.25) is 19.3 Å². The van der Waals surface area contributed by atoms with Gasteiger partial charge >= 0.3 is 0 Å². The molecule has 1 heterocycles. The number of imide groups is 1. The Labute approximate surface area is 105 Å². The van der Waals surface area contributed by atoms with Crippen molar-refractivity contribution in [3.05, 3.63) is 0 Å². The van der Waals surface area contributed by atoms with E-state index in [1.54, 1.807) is 0 Å². The Morgan fingerprint density at radius 2 is 2.06 bits per heavy atom. The number of rotatable bonds is 5. The topological polar surface area (TPSA) is 92.3 Å². The Morgan fingerprint density at radius 1 is 1.44 bits per heavy atom. The van der Waals surface area contributed by atoms with Crippen LogP contribution in [0.4, 0.5) is 4.39 Å². The lowest BCUT2D eigenvalue weighted by Crippen LogP contribution is -2.53. The minimum absolute atomic E-state index is 0.0887. The zero-order chi connectivity index (χ0) is 14.0. The van der Waals surface area contributed by atoms with Crippen molar-refractivity contribution >= 4 is 21.8 Å². The second-order valence-electron chi connectivity index (χ2n) is 5.18. The minimum Gasteiger partial charge on any atom is -0.295 e. The molecule has 1 aliphatic heterocycles. The number of carbonyl (C=O) groups excluding carboxylic acids is 2. The zero-order valence-electron chi connectivity index (χ0n) is 10.3. The molecule has 0 spiro atoms. The van der Waals surface area contributed by atoms with Gasteiger partial charge in [0.1, 0.15) is 6.04 Å². The monoisotopic (exact) mass is 280 g/mol. The van der Waals surface area contributed by atoms with Crippen LogP contribution < -0.4 is 10.0 Å². The number of sulfonamides is 1. The predicted molar refractivity (Wildman–Crippen MR) is 62.9 cm³/mol. The maximum absolute atomic E-state index is 12.6. The first-order valence-electron chi connectivity index (χ1n) is 5.55. The minimum atomic E-state index is -3.76. The number of alkyl halides is 1. The second kappa shape index (κ2) is 5.31. The van der Waals surface area contributed by atoms with Gasteiger partial charge in [-0.2, -0.15) is 0 Å². The van der Waals surface area contributed by atoms with E-state index in [9.17, 15) is 22.4 Å². The summed E-state index contributed by atoms with van der Waals surface area (Å²) in [5.41, 5.74) is -1.01. The number of piperidine rings is 1. The van der Waals surface area contributed by atoms with Crippen LogP contribution in [0, 0.1) is 5.41 Å². The van der Waals surface area contributed by atoms with Gasteiger partial charge in [0.2, 0.25) is 21.8 Å². The Bertz CT molecular complexity index is 447. The Hall–Kier alpha value is -1.02. The summed E-state index contributed by atoms with van der Waals surface area (Å²) in [6.45, 7) is 2.19. The predicted octanol–water partition coefficient (Wildman–Crippen LogP) is -0.293. The molecule has 1 rings (SSSR count). The fourth-order valence-corrected chi connectivity index (χ4v) is 3.47. The van der Waals surface area contributed by atoms with Crippen LogP contribution in [0.25, 0.3) is 0 Å². The molecule has 1 aliphatic rings. The van der Waals surface area contributed by atoms with Gasteiger partial charge in [-0.1, -0.05) is 13.8 Å². The summed E-state index contributed by atoms with van der Waals surface area (Å²) in [5, 5.41) is 2.05. The van der Waals surface area contributed by atoms with Gasteiger partial charge in [-0.05, 0) is 6.42 Å². The molecule has 2 N–H and O–H groups in total. The zero-order valence-corrected chi connectivity index (χ0v) is 11.1. The summed E-state index contributed by atoms with van der Waals surface area (Å²) in [5.74, 6) is -1.48. The van der Waals surface area contributed by atoms with Crippen molar-refractivity contribution in [3.63, 3.8) is 0 Å². The van der Waals surface area contributed by atoms with Crippen LogP contribution in [0.3, 0.4) is 0 Å². The summed E-state index contributed by atoms with van der Waals surface area (Å²) >= 11 is 0. The van der Waals surface area contributed by atoms with Gasteiger partial charge in [-0.25, -0.2) is 13.1 Å². The van der Waals surface area contributed by atoms with E-state index in [0.717, 1.165) is 0 Å². The van der Waals surface area contributed by atoms with Crippen molar-refractivity contribution in [1.82, 2.24) is 10.0 Å². The molecule has 0 aliphatic carbocycles. The first-order valence-corrected chi connectivity index (χ1v) is 7.20. The SMILES string of the molecule is CC(C)(CF)CS(=O)(=O)NC1CCC(=O)NC1=O. The number of halogens is 1. The fourth-order valence-electron chi connectivity index (χ4n) is 1.62.